The molecule has 0 saturated heterocycles. The van der Waals surface area contributed by atoms with E-state index in [1.165, 1.54) is 16.7 Å². The number of amides is 2. The lowest BCUT2D eigenvalue weighted by atomic mass is 10.1. The van der Waals surface area contributed by atoms with Crippen LogP contribution in [0.5, 0.6) is 5.75 Å². The first-order chi connectivity index (χ1) is 20.8. The third-order valence-corrected chi connectivity index (χ3v) is 10.2. The van der Waals surface area contributed by atoms with E-state index in [4.69, 9.17) is 4.74 Å². The monoisotopic (exact) mass is 623 g/mol. The molecule has 0 aromatic heterocycles. The van der Waals surface area contributed by atoms with E-state index < -0.39 is 28.5 Å². The first-order valence-electron chi connectivity index (χ1n) is 14.8. The first-order valence-corrected chi connectivity index (χ1v) is 17.5. The number of carbonyl (C=O) groups excluding carboxylic acids is 2. The van der Waals surface area contributed by atoms with Crippen LogP contribution < -0.4 is 14.4 Å². The van der Waals surface area contributed by atoms with Crippen LogP contribution in [-0.4, -0.2) is 56.6 Å². The van der Waals surface area contributed by atoms with E-state index in [1.807, 2.05) is 50.4 Å². The standard InChI is InChI=1S/C33H41N3O5S2/c1-4-31(33(38)34-26-13-9-10-14-26)35(23-25-11-7-6-8-12-25)32(37)24-36(27-15-17-28(18-16-27)41-5-2)43(39,40)30-21-19-29(42-3)20-22-30/h6-8,11-12,15-22,26,31H,4-5,9-10,13-14,23-24H2,1-3H3,(H,34,38)/t31-/m0/s1. The van der Waals surface area contributed by atoms with Crippen molar-refractivity contribution >= 4 is 39.3 Å². The van der Waals surface area contributed by atoms with Crippen molar-refractivity contribution in [1.29, 1.82) is 0 Å². The summed E-state index contributed by atoms with van der Waals surface area (Å²) < 4.78 is 34.9. The summed E-state index contributed by atoms with van der Waals surface area (Å²) in [6, 6.07) is 22.1. The summed E-state index contributed by atoms with van der Waals surface area (Å²) in [5.41, 5.74) is 1.18. The van der Waals surface area contributed by atoms with Crippen LogP contribution in [0.3, 0.4) is 0 Å². The molecule has 1 saturated carbocycles. The van der Waals surface area contributed by atoms with Crippen LogP contribution in [0.4, 0.5) is 5.69 Å². The molecule has 1 aliphatic carbocycles. The number of sulfonamides is 1. The highest BCUT2D eigenvalue weighted by atomic mass is 32.2. The summed E-state index contributed by atoms with van der Waals surface area (Å²) in [5, 5.41) is 3.14. The van der Waals surface area contributed by atoms with Crippen LogP contribution in [0.15, 0.2) is 88.7 Å². The molecule has 3 aromatic rings. The highest BCUT2D eigenvalue weighted by molar-refractivity contribution is 7.98. The topological polar surface area (TPSA) is 96.0 Å². The summed E-state index contributed by atoms with van der Waals surface area (Å²) in [7, 11) is -4.14. The zero-order chi connectivity index (χ0) is 30.8. The van der Waals surface area contributed by atoms with Crippen LogP contribution in [0.2, 0.25) is 0 Å². The minimum absolute atomic E-state index is 0.0765. The van der Waals surface area contributed by atoms with Crippen LogP contribution in [-0.2, 0) is 26.2 Å². The number of benzene rings is 3. The predicted octanol–water partition coefficient (Wildman–Crippen LogP) is 5.87. The Morgan fingerprint density at radius 1 is 0.953 bits per heavy atom. The number of carbonyl (C=O) groups is 2. The second kappa shape index (κ2) is 15.3. The van der Waals surface area contributed by atoms with Gasteiger partial charge in [-0.3, -0.25) is 13.9 Å². The van der Waals surface area contributed by atoms with Gasteiger partial charge in [-0.25, -0.2) is 8.42 Å². The van der Waals surface area contributed by atoms with Crippen LogP contribution >= 0.6 is 11.8 Å². The third kappa shape index (κ3) is 8.32. The van der Waals surface area contributed by atoms with Crippen molar-refractivity contribution in [3.05, 3.63) is 84.4 Å². The van der Waals surface area contributed by atoms with Gasteiger partial charge in [0.15, 0.2) is 0 Å². The van der Waals surface area contributed by atoms with Gasteiger partial charge in [-0.1, -0.05) is 50.1 Å². The Balaban J connectivity index is 1.70. The number of hydrogen-bond donors (Lipinski definition) is 1. The lowest BCUT2D eigenvalue weighted by Gasteiger charge is -2.33. The molecule has 0 unspecified atom stereocenters. The average Bonchev–Trinajstić information content (AvgIpc) is 3.54. The molecule has 1 aliphatic rings. The summed E-state index contributed by atoms with van der Waals surface area (Å²) in [4.78, 5) is 30.3. The quantitative estimate of drug-likeness (QED) is 0.226. The van der Waals surface area contributed by atoms with Gasteiger partial charge in [0.05, 0.1) is 17.2 Å². The Kier molecular flexibility index (Phi) is 11.5. The van der Waals surface area contributed by atoms with E-state index in [2.05, 4.69) is 5.32 Å². The van der Waals surface area contributed by atoms with Gasteiger partial charge < -0.3 is 15.0 Å². The molecule has 1 fully saturated rings. The summed E-state index contributed by atoms with van der Waals surface area (Å²) in [6.45, 7) is 3.92. The normalized spacial score (nSPS) is 14.2. The molecular weight excluding hydrogens is 583 g/mol. The molecule has 4 rings (SSSR count). The third-order valence-electron chi connectivity index (χ3n) is 7.65. The molecule has 8 nitrogen and oxygen atoms in total. The van der Waals surface area contributed by atoms with Crippen molar-refractivity contribution in [3.63, 3.8) is 0 Å². The van der Waals surface area contributed by atoms with Crippen LogP contribution in [0.25, 0.3) is 0 Å². The Morgan fingerprint density at radius 3 is 2.19 bits per heavy atom. The van der Waals surface area contributed by atoms with E-state index in [-0.39, 0.29) is 23.4 Å². The van der Waals surface area contributed by atoms with Gasteiger partial charge in [0.2, 0.25) is 11.8 Å². The Hall–Kier alpha value is -3.50. The highest BCUT2D eigenvalue weighted by Crippen LogP contribution is 2.28. The van der Waals surface area contributed by atoms with Crippen molar-refractivity contribution in [1.82, 2.24) is 10.2 Å². The van der Waals surface area contributed by atoms with Gasteiger partial charge >= 0.3 is 0 Å². The maximum absolute atomic E-state index is 14.2. The molecule has 3 aromatic carbocycles. The van der Waals surface area contributed by atoms with E-state index in [0.717, 1.165) is 40.4 Å². The van der Waals surface area contributed by atoms with Crippen molar-refractivity contribution in [2.75, 3.05) is 23.7 Å². The van der Waals surface area contributed by atoms with Gasteiger partial charge in [0.25, 0.3) is 10.0 Å². The molecule has 0 bridgehead atoms. The predicted molar refractivity (Wildman–Crippen MR) is 172 cm³/mol. The van der Waals surface area contributed by atoms with Crippen molar-refractivity contribution in [2.24, 2.45) is 0 Å². The number of ether oxygens (including phenoxy) is 1. The lowest BCUT2D eigenvalue weighted by Crippen LogP contribution is -2.53. The zero-order valence-corrected chi connectivity index (χ0v) is 26.7. The molecular formula is C33H41N3O5S2. The number of nitrogens with one attached hydrogen (secondary N) is 1. The maximum Gasteiger partial charge on any atom is 0.264 e. The second-order valence-corrected chi connectivity index (χ2v) is 13.3. The van der Waals surface area contributed by atoms with Crippen molar-refractivity contribution < 1.29 is 22.7 Å². The second-order valence-electron chi connectivity index (χ2n) is 10.5. The summed E-state index contributed by atoms with van der Waals surface area (Å²) in [6.07, 6.45) is 6.30. The van der Waals surface area contributed by atoms with Gasteiger partial charge in [-0.2, -0.15) is 0 Å². The largest absolute Gasteiger partial charge is 0.494 e. The minimum atomic E-state index is -4.14. The van der Waals surface area contributed by atoms with E-state index in [0.29, 0.717) is 24.5 Å². The molecule has 0 aliphatic heterocycles. The van der Waals surface area contributed by atoms with Crippen LogP contribution in [0.1, 0.15) is 51.5 Å². The zero-order valence-electron chi connectivity index (χ0n) is 25.1. The SMILES string of the molecule is CCOc1ccc(N(CC(=O)N(Cc2ccccc2)[C@@H](CC)C(=O)NC2CCCC2)S(=O)(=O)c2ccc(SC)cc2)cc1. The molecule has 1 atom stereocenters. The van der Waals surface area contributed by atoms with Crippen LogP contribution in [0, 0.1) is 0 Å². The Labute approximate surface area is 259 Å². The van der Waals surface area contributed by atoms with E-state index in [1.54, 1.807) is 48.5 Å². The summed E-state index contributed by atoms with van der Waals surface area (Å²) in [5.74, 6) is -0.0724. The molecule has 10 heteroatoms. The van der Waals surface area contributed by atoms with Crippen molar-refractivity contribution in [3.8, 4) is 5.75 Å². The number of anilines is 1. The smallest absolute Gasteiger partial charge is 0.264 e. The Bertz CT molecular complexity index is 1440. The Morgan fingerprint density at radius 2 is 1.60 bits per heavy atom. The van der Waals surface area contributed by atoms with Gasteiger partial charge in [0.1, 0.15) is 18.3 Å². The fraction of sp³-hybridized carbons (Fsp3) is 0.394. The molecule has 43 heavy (non-hydrogen) atoms. The van der Waals surface area contributed by atoms with Crippen molar-refractivity contribution in [2.45, 2.75) is 74.4 Å². The molecule has 1 N–H and O–H groups in total. The highest BCUT2D eigenvalue weighted by Gasteiger charge is 2.34. The van der Waals surface area contributed by atoms with Gasteiger partial charge in [-0.15, -0.1) is 11.8 Å². The molecule has 230 valence electrons. The summed E-state index contributed by atoms with van der Waals surface area (Å²) >= 11 is 1.51. The maximum atomic E-state index is 14.2. The molecule has 0 spiro atoms. The van der Waals surface area contributed by atoms with Gasteiger partial charge in [0, 0.05) is 17.5 Å². The van der Waals surface area contributed by atoms with Gasteiger partial charge in [-0.05, 0) is 86.5 Å². The van der Waals surface area contributed by atoms with E-state index in [9.17, 15) is 18.0 Å². The lowest BCUT2D eigenvalue weighted by molar-refractivity contribution is -0.140. The number of rotatable bonds is 14. The number of thioether (sulfide) groups is 1. The molecule has 0 radical (unpaired) electrons. The fourth-order valence-corrected chi connectivity index (χ4v) is 7.17. The average molecular weight is 624 g/mol. The molecule has 2 amide bonds. The fourth-order valence-electron chi connectivity index (χ4n) is 5.35. The molecule has 0 heterocycles. The number of nitrogens with zero attached hydrogens (tertiary/aromatic N) is 2. The van der Waals surface area contributed by atoms with E-state index >= 15 is 0 Å². The number of hydrogen-bond acceptors (Lipinski definition) is 6. The minimum Gasteiger partial charge on any atom is -0.494 e. The first kappa shape index (κ1) is 32.4.